The van der Waals surface area contributed by atoms with Crippen molar-refractivity contribution in [3.8, 4) is 0 Å². The van der Waals surface area contributed by atoms with E-state index in [1.54, 1.807) is 12.3 Å². The molecule has 0 atom stereocenters. The number of nitrogens with zero attached hydrogens (tertiary/aromatic N) is 1. The van der Waals surface area contributed by atoms with Crippen LogP contribution < -0.4 is 5.32 Å². The van der Waals surface area contributed by atoms with Crippen molar-refractivity contribution in [3.05, 3.63) is 29.6 Å². The van der Waals surface area contributed by atoms with Gasteiger partial charge in [0.25, 0.3) is 5.91 Å². The van der Waals surface area contributed by atoms with Gasteiger partial charge in [-0.05, 0) is 36.3 Å². The number of carbonyl (C=O) groups excluding carboxylic acids is 1. The van der Waals surface area contributed by atoms with Gasteiger partial charge in [0.1, 0.15) is 11.2 Å². The van der Waals surface area contributed by atoms with E-state index in [0.717, 1.165) is 12.0 Å². The standard InChI is InChI=1S/C15H20N2O3/c1-14(2,3)10-5-6-11(16-9-10)12(18)17-15(13(19)20)7-4-8-15/h5-6,9H,4,7-8H2,1-3H3,(H,17,18)(H,19,20). The van der Waals surface area contributed by atoms with E-state index in [1.807, 2.05) is 6.07 Å². The molecule has 1 amide bonds. The van der Waals surface area contributed by atoms with E-state index in [9.17, 15) is 14.7 Å². The lowest BCUT2D eigenvalue weighted by molar-refractivity contribution is -0.148. The summed E-state index contributed by atoms with van der Waals surface area (Å²) < 4.78 is 0. The monoisotopic (exact) mass is 276 g/mol. The molecule has 1 fully saturated rings. The predicted molar refractivity (Wildman–Crippen MR) is 74.6 cm³/mol. The largest absolute Gasteiger partial charge is 0.480 e. The Hall–Kier alpha value is -1.91. The topological polar surface area (TPSA) is 79.3 Å². The van der Waals surface area contributed by atoms with Crippen LogP contribution >= 0.6 is 0 Å². The molecule has 1 heterocycles. The van der Waals surface area contributed by atoms with Crippen LogP contribution in [0.3, 0.4) is 0 Å². The van der Waals surface area contributed by atoms with Crippen LogP contribution in [0.25, 0.3) is 0 Å². The van der Waals surface area contributed by atoms with Crippen LogP contribution in [0, 0.1) is 0 Å². The Labute approximate surface area is 118 Å². The summed E-state index contributed by atoms with van der Waals surface area (Å²) >= 11 is 0. The molecule has 0 aliphatic heterocycles. The zero-order chi connectivity index (χ0) is 15.0. The van der Waals surface area contributed by atoms with E-state index in [2.05, 4.69) is 31.1 Å². The summed E-state index contributed by atoms with van der Waals surface area (Å²) in [5.41, 5.74) is 0.163. The van der Waals surface area contributed by atoms with E-state index < -0.39 is 17.4 Å². The molecule has 1 aliphatic carbocycles. The molecule has 5 nitrogen and oxygen atoms in total. The highest BCUT2D eigenvalue weighted by atomic mass is 16.4. The summed E-state index contributed by atoms with van der Waals surface area (Å²) in [6.45, 7) is 6.20. The summed E-state index contributed by atoms with van der Waals surface area (Å²) in [5.74, 6) is -1.39. The van der Waals surface area contributed by atoms with E-state index in [1.165, 1.54) is 0 Å². The molecule has 2 N–H and O–H groups in total. The fraction of sp³-hybridized carbons (Fsp3) is 0.533. The molecule has 0 radical (unpaired) electrons. The summed E-state index contributed by atoms with van der Waals surface area (Å²) in [6.07, 6.45) is 3.45. The number of aromatic nitrogens is 1. The molecule has 0 aromatic carbocycles. The minimum Gasteiger partial charge on any atom is -0.480 e. The summed E-state index contributed by atoms with van der Waals surface area (Å²) in [6, 6.07) is 3.50. The van der Waals surface area contributed by atoms with Crippen molar-refractivity contribution < 1.29 is 14.7 Å². The first-order valence-electron chi connectivity index (χ1n) is 6.77. The number of hydrogen-bond donors (Lipinski definition) is 2. The fourth-order valence-corrected chi connectivity index (χ4v) is 2.18. The average Bonchev–Trinajstić information content (AvgIpc) is 2.32. The van der Waals surface area contributed by atoms with Gasteiger partial charge in [0.15, 0.2) is 0 Å². The van der Waals surface area contributed by atoms with Gasteiger partial charge in [-0.15, -0.1) is 0 Å². The van der Waals surface area contributed by atoms with Crippen LogP contribution in [-0.4, -0.2) is 27.5 Å². The fourth-order valence-electron chi connectivity index (χ4n) is 2.18. The maximum absolute atomic E-state index is 12.1. The first-order valence-corrected chi connectivity index (χ1v) is 6.77. The van der Waals surface area contributed by atoms with Gasteiger partial charge in [0, 0.05) is 6.20 Å². The highest BCUT2D eigenvalue weighted by Crippen LogP contribution is 2.32. The Morgan fingerprint density at radius 1 is 1.30 bits per heavy atom. The van der Waals surface area contributed by atoms with Crippen molar-refractivity contribution in [1.29, 1.82) is 0 Å². The minimum atomic E-state index is -1.10. The number of rotatable bonds is 3. The molecule has 0 bridgehead atoms. The van der Waals surface area contributed by atoms with E-state index in [-0.39, 0.29) is 11.1 Å². The van der Waals surface area contributed by atoms with E-state index >= 15 is 0 Å². The van der Waals surface area contributed by atoms with Gasteiger partial charge in [0.05, 0.1) is 0 Å². The number of carboxylic acid groups (broad SMARTS) is 1. The van der Waals surface area contributed by atoms with Gasteiger partial charge >= 0.3 is 5.97 Å². The molecule has 5 heteroatoms. The number of amides is 1. The second kappa shape index (κ2) is 4.89. The summed E-state index contributed by atoms with van der Waals surface area (Å²) in [7, 11) is 0. The van der Waals surface area contributed by atoms with Crippen LogP contribution in [0.1, 0.15) is 56.1 Å². The van der Waals surface area contributed by atoms with Crippen molar-refractivity contribution in [1.82, 2.24) is 10.3 Å². The maximum atomic E-state index is 12.1. The first kappa shape index (κ1) is 14.5. The highest BCUT2D eigenvalue weighted by Gasteiger charge is 2.45. The van der Waals surface area contributed by atoms with Crippen molar-refractivity contribution in [2.24, 2.45) is 0 Å². The number of carboxylic acids is 1. The molecule has 108 valence electrons. The van der Waals surface area contributed by atoms with Gasteiger partial charge in [-0.1, -0.05) is 26.8 Å². The van der Waals surface area contributed by atoms with Gasteiger partial charge in [0.2, 0.25) is 0 Å². The highest BCUT2D eigenvalue weighted by molar-refractivity contribution is 5.96. The number of aliphatic carboxylic acids is 1. The molecule has 2 rings (SSSR count). The Morgan fingerprint density at radius 3 is 2.30 bits per heavy atom. The lowest BCUT2D eigenvalue weighted by Crippen LogP contribution is -2.59. The maximum Gasteiger partial charge on any atom is 0.329 e. The second-order valence-electron chi connectivity index (χ2n) is 6.38. The zero-order valence-corrected chi connectivity index (χ0v) is 12.1. The molecule has 0 saturated heterocycles. The Kier molecular flexibility index (Phi) is 3.54. The number of nitrogens with one attached hydrogen (secondary N) is 1. The average molecular weight is 276 g/mol. The summed E-state index contributed by atoms with van der Waals surface area (Å²) in [5, 5.41) is 11.8. The molecular formula is C15H20N2O3. The third-order valence-electron chi connectivity index (χ3n) is 3.83. The van der Waals surface area contributed by atoms with Crippen molar-refractivity contribution in [3.63, 3.8) is 0 Å². The molecule has 1 aliphatic rings. The Bertz CT molecular complexity index is 525. The van der Waals surface area contributed by atoms with Crippen LogP contribution in [0.5, 0.6) is 0 Å². The molecule has 20 heavy (non-hydrogen) atoms. The SMILES string of the molecule is CC(C)(C)c1ccc(C(=O)NC2(C(=O)O)CCC2)nc1. The van der Waals surface area contributed by atoms with Gasteiger partial charge in [-0.2, -0.15) is 0 Å². The summed E-state index contributed by atoms with van der Waals surface area (Å²) in [4.78, 5) is 27.4. The predicted octanol–water partition coefficient (Wildman–Crippen LogP) is 2.12. The van der Waals surface area contributed by atoms with E-state index in [0.29, 0.717) is 12.8 Å². The van der Waals surface area contributed by atoms with Crippen LogP contribution in [0.4, 0.5) is 0 Å². The van der Waals surface area contributed by atoms with Crippen molar-refractivity contribution >= 4 is 11.9 Å². The van der Waals surface area contributed by atoms with Crippen LogP contribution in [-0.2, 0) is 10.2 Å². The third-order valence-corrected chi connectivity index (χ3v) is 3.83. The molecule has 1 aromatic rings. The Morgan fingerprint density at radius 2 is 1.95 bits per heavy atom. The van der Waals surface area contributed by atoms with Crippen molar-refractivity contribution in [2.75, 3.05) is 0 Å². The van der Waals surface area contributed by atoms with E-state index in [4.69, 9.17) is 0 Å². The Balaban J connectivity index is 2.12. The van der Waals surface area contributed by atoms with Crippen molar-refractivity contribution in [2.45, 2.75) is 51.0 Å². The third kappa shape index (κ3) is 2.66. The second-order valence-corrected chi connectivity index (χ2v) is 6.38. The van der Waals surface area contributed by atoms with Gasteiger partial charge in [-0.25, -0.2) is 4.79 Å². The lowest BCUT2D eigenvalue weighted by atomic mass is 9.76. The molecule has 1 aromatic heterocycles. The van der Waals surface area contributed by atoms with Crippen LogP contribution in [0.15, 0.2) is 18.3 Å². The number of hydrogen-bond acceptors (Lipinski definition) is 3. The van der Waals surface area contributed by atoms with Gasteiger partial charge < -0.3 is 10.4 Å². The quantitative estimate of drug-likeness (QED) is 0.886. The number of carbonyl (C=O) groups is 2. The first-order chi connectivity index (χ1) is 9.24. The normalized spacial score (nSPS) is 17.1. The lowest BCUT2D eigenvalue weighted by Gasteiger charge is -2.38. The zero-order valence-electron chi connectivity index (χ0n) is 12.1. The van der Waals surface area contributed by atoms with Crippen LogP contribution in [0.2, 0.25) is 0 Å². The molecule has 1 saturated carbocycles. The molecule has 0 spiro atoms. The van der Waals surface area contributed by atoms with Gasteiger partial charge in [-0.3, -0.25) is 9.78 Å². The molecular weight excluding hydrogens is 256 g/mol. The minimum absolute atomic E-state index is 0.0295. The smallest absolute Gasteiger partial charge is 0.329 e. The number of pyridine rings is 1. The molecule has 0 unspecified atom stereocenters.